The lowest BCUT2D eigenvalue weighted by Gasteiger charge is -2.17. The number of nitrogens with one attached hydrogen (secondary N) is 2. The van der Waals surface area contributed by atoms with Crippen molar-refractivity contribution in [3.63, 3.8) is 0 Å². The summed E-state index contributed by atoms with van der Waals surface area (Å²) in [6.45, 7) is 4.82. The second-order valence-electron chi connectivity index (χ2n) is 7.22. The van der Waals surface area contributed by atoms with Gasteiger partial charge in [-0.1, -0.05) is 33.1 Å². The van der Waals surface area contributed by atoms with Crippen molar-refractivity contribution < 1.29 is 23.5 Å². The van der Waals surface area contributed by atoms with E-state index in [9.17, 15) is 9.59 Å². The summed E-state index contributed by atoms with van der Waals surface area (Å²) in [4.78, 5) is 25.7. The van der Waals surface area contributed by atoms with Crippen LogP contribution in [0.5, 0.6) is 11.5 Å². The zero-order valence-corrected chi connectivity index (χ0v) is 18.7. The standard InChI is InChI=1S/C24H32N2O5/c1-5-7-9-17(6-2)16-25-24(28)20(15-19-10-8-13-31-19)26-23(27)18-11-12-21(29-3)22(14-18)30-4/h8,10-15,17H,5-7,9,16H2,1-4H3,(H,25,28)(H,26,27)/b20-15-. The van der Waals surface area contributed by atoms with Crippen LogP contribution in [0, 0.1) is 5.92 Å². The molecule has 1 aromatic carbocycles. The number of hydrogen-bond acceptors (Lipinski definition) is 5. The van der Waals surface area contributed by atoms with Crippen molar-refractivity contribution in [1.29, 1.82) is 0 Å². The maximum atomic E-state index is 12.9. The van der Waals surface area contributed by atoms with Gasteiger partial charge in [-0.15, -0.1) is 0 Å². The second-order valence-corrected chi connectivity index (χ2v) is 7.22. The maximum Gasteiger partial charge on any atom is 0.267 e. The maximum absolute atomic E-state index is 12.9. The number of ether oxygens (including phenoxy) is 2. The van der Waals surface area contributed by atoms with Crippen molar-refractivity contribution in [2.75, 3.05) is 20.8 Å². The summed E-state index contributed by atoms with van der Waals surface area (Å²) in [7, 11) is 3.02. The van der Waals surface area contributed by atoms with Crippen molar-refractivity contribution in [2.45, 2.75) is 39.5 Å². The molecule has 31 heavy (non-hydrogen) atoms. The summed E-state index contributed by atoms with van der Waals surface area (Å²) < 4.78 is 15.8. The lowest BCUT2D eigenvalue weighted by atomic mass is 9.99. The van der Waals surface area contributed by atoms with E-state index in [-0.39, 0.29) is 11.6 Å². The fourth-order valence-electron chi connectivity index (χ4n) is 3.12. The van der Waals surface area contributed by atoms with Gasteiger partial charge in [-0.25, -0.2) is 0 Å². The molecule has 2 N–H and O–H groups in total. The number of furan rings is 1. The number of carbonyl (C=O) groups is 2. The Kier molecular flexibility index (Phi) is 9.68. The van der Waals surface area contributed by atoms with E-state index in [1.54, 1.807) is 30.3 Å². The Morgan fingerprint density at radius 1 is 1.13 bits per heavy atom. The summed E-state index contributed by atoms with van der Waals surface area (Å²) in [5.41, 5.74) is 0.449. The highest BCUT2D eigenvalue weighted by atomic mass is 16.5. The molecule has 7 heteroatoms. The van der Waals surface area contributed by atoms with Gasteiger partial charge in [0.15, 0.2) is 11.5 Å². The van der Waals surface area contributed by atoms with Crippen molar-refractivity contribution in [2.24, 2.45) is 5.92 Å². The summed E-state index contributed by atoms with van der Waals surface area (Å²) in [5.74, 6) is 1.01. The third kappa shape index (κ3) is 7.20. The molecule has 0 saturated carbocycles. The van der Waals surface area contributed by atoms with Crippen LogP contribution in [0.1, 0.15) is 55.6 Å². The molecule has 0 fully saturated rings. The van der Waals surface area contributed by atoms with Gasteiger partial charge in [0.05, 0.1) is 20.5 Å². The average Bonchev–Trinajstić information content (AvgIpc) is 3.31. The van der Waals surface area contributed by atoms with E-state index in [2.05, 4.69) is 24.5 Å². The number of hydrogen-bond donors (Lipinski definition) is 2. The first-order valence-electron chi connectivity index (χ1n) is 10.6. The zero-order valence-electron chi connectivity index (χ0n) is 18.7. The van der Waals surface area contributed by atoms with Crippen LogP contribution in [0.3, 0.4) is 0 Å². The van der Waals surface area contributed by atoms with Gasteiger partial charge >= 0.3 is 0 Å². The quantitative estimate of drug-likeness (QED) is 0.489. The van der Waals surface area contributed by atoms with E-state index in [4.69, 9.17) is 13.9 Å². The Bertz CT molecular complexity index is 874. The molecule has 2 aromatic rings. The molecule has 1 aromatic heterocycles. The molecule has 0 spiro atoms. The van der Waals surface area contributed by atoms with Crippen LogP contribution < -0.4 is 20.1 Å². The second kappa shape index (κ2) is 12.5. The highest BCUT2D eigenvalue weighted by molar-refractivity contribution is 6.05. The Hall–Kier alpha value is -3.22. The fraction of sp³-hybridized carbons (Fsp3) is 0.417. The highest BCUT2D eigenvalue weighted by Gasteiger charge is 2.18. The first-order valence-corrected chi connectivity index (χ1v) is 10.6. The molecule has 1 heterocycles. The molecule has 1 unspecified atom stereocenters. The van der Waals surface area contributed by atoms with Crippen LogP contribution in [0.2, 0.25) is 0 Å². The van der Waals surface area contributed by atoms with Crippen LogP contribution in [0.4, 0.5) is 0 Å². The molecule has 0 bridgehead atoms. The van der Waals surface area contributed by atoms with Crippen LogP contribution >= 0.6 is 0 Å². The molecule has 1 atom stereocenters. The summed E-state index contributed by atoms with van der Waals surface area (Å²) in [6.07, 6.45) is 7.31. The third-order valence-corrected chi connectivity index (χ3v) is 5.06. The predicted molar refractivity (Wildman–Crippen MR) is 120 cm³/mol. The third-order valence-electron chi connectivity index (χ3n) is 5.06. The molecule has 7 nitrogen and oxygen atoms in total. The number of amides is 2. The average molecular weight is 429 g/mol. The minimum absolute atomic E-state index is 0.111. The number of benzene rings is 1. The van der Waals surface area contributed by atoms with Crippen molar-refractivity contribution in [3.05, 3.63) is 53.6 Å². The first kappa shape index (κ1) is 24.1. The topological polar surface area (TPSA) is 89.8 Å². The van der Waals surface area contributed by atoms with E-state index >= 15 is 0 Å². The van der Waals surface area contributed by atoms with Crippen molar-refractivity contribution in [1.82, 2.24) is 10.6 Å². The zero-order chi connectivity index (χ0) is 22.6. The van der Waals surface area contributed by atoms with Crippen molar-refractivity contribution >= 4 is 17.9 Å². The monoisotopic (exact) mass is 428 g/mol. The first-order chi connectivity index (χ1) is 15.0. The van der Waals surface area contributed by atoms with Gasteiger partial charge < -0.3 is 24.5 Å². The lowest BCUT2D eigenvalue weighted by molar-refractivity contribution is -0.117. The smallest absolute Gasteiger partial charge is 0.267 e. The summed E-state index contributed by atoms with van der Waals surface area (Å²) in [5, 5.41) is 5.64. The number of methoxy groups -OCH3 is 2. The van der Waals surface area contributed by atoms with Gasteiger partial charge in [-0.05, 0) is 42.7 Å². The summed E-state index contributed by atoms with van der Waals surface area (Å²) >= 11 is 0. The Morgan fingerprint density at radius 3 is 2.52 bits per heavy atom. The van der Waals surface area contributed by atoms with Crippen molar-refractivity contribution in [3.8, 4) is 11.5 Å². The molecule has 0 aliphatic rings. The molecule has 0 aliphatic heterocycles. The van der Waals surface area contributed by atoms with Gasteiger partial charge in [-0.3, -0.25) is 9.59 Å². The molecule has 2 amide bonds. The Balaban J connectivity index is 2.17. The lowest BCUT2D eigenvalue weighted by Crippen LogP contribution is -2.37. The number of carbonyl (C=O) groups excluding carboxylic acids is 2. The largest absolute Gasteiger partial charge is 0.493 e. The van der Waals surface area contributed by atoms with Crippen LogP contribution in [-0.4, -0.2) is 32.6 Å². The van der Waals surface area contributed by atoms with Gasteiger partial charge in [0.2, 0.25) is 0 Å². The fourth-order valence-corrected chi connectivity index (χ4v) is 3.12. The molecular formula is C24H32N2O5. The molecule has 0 radical (unpaired) electrons. The molecular weight excluding hydrogens is 396 g/mol. The van der Waals surface area contributed by atoms with E-state index in [1.807, 2.05) is 0 Å². The van der Waals surface area contributed by atoms with Crippen LogP contribution in [0.15, 0.2) is 46.7 Å². The summed E-state index contributed by atoms with van der Waals surface area (Å²) in [6, 6.07) is 8.25. The molecule has 168 valence electrons. The molecule has 0 aliphatic carbocycles. The number of rotatable bonds is 12. The molecule has 2 rings (SSSR count). The molecule has 0 saturated heterocycles. The van der Waals surface area contributed by atoms with Gasteiger partial charge in [0.1, 0.15) is 11.5 Å². The predicted octanol–water partition coefficient (Wildman–Crippen LogP) is 4.40. The van der Waals surface area contributed by atoms with Crippen LogP contribution in [-0.2, 0) is 4.79 Å². The van der Waals surface area contributed by atoms with Gasteiger partial charge in [0.25, 0.3) is 11.8 Å². The SMILES string of the molecule is CCCCC(CC)CNC(=O)/C(=C/c1ccco1)NC(=O)c1ccc(OC)c(OC)c1. The van der Waals surface area contributed by atoms with E-state index in [0.717, 1.165) is 25.7 Å². The van der Waals surface area contributed by atoms with E-state index in [1.165, 1.54) is 26.6 Å². The van der Waals surface area contributed by atoms with Crippen LogP contribution in [0.25, 0.3) is 6.08 Å². The van der Waals surface area contributed by atoms with Gasteiger partial charge in [-0.2, -0.15) is 0 Å². The number of unbranched alkanes of at least 4 members (excludes halogenated alkanes) is 1. The normalized spacial score (nSPS) is 12.2. The Morgan fingerprint density at radius 2 is 1.90 bits per heavy atom. The minimum Gasteiger partial charge on any atom is -0.493 e. The highest BCUT2D eigenvalue weighted by Crippen LogP contribution is 2.27. The van der Waals surface area contributed by atoms with E-state index in [0.29, 0.717) is 35.3 Å². The van der Waals surface area contributed by atoms with Gasteiger partial charge in [0, 0.05) is 18.2 Å². The Labute approximate surface area is 183 Å². The minimum atomic E-state index is -0.438. The van der Waals surface area contributed by atoms with E-state index < -0.39 is 5.91 Å².